The third-order valence-electron chi connectivity index (χ3n) is 4.61. The summed E-state index contributed by atoms with van der Waals surface area (Å²) in [6.45, 7) is 3.85. The minimum Gasteiger partial charge on any atom is -0.368 e. The average Bonchev–Trinajstić information content (AvgIpc) is 3.15. The van der Waals surface area contributed by atoms with Crippen LogP contribution in [0.4, 0.5) is 5.69 Å². The van der Waals surface area contributed by atoms with Crippen LogP contribution >= 0.6 is 36.4 Å². The largest absolute Gasteiger partial charge is 0.368 e. The van der Waals surface area contributed by atoms with Crippen molar-refractivity contribution in [3.63, 3.8) is 0 Å². The molecule has 2 heterocycles. The molecule has 1 unspecified atom stereocenters. The number of amides is 2. The first-order valence-corrected chi connectivity index (χ1v) is 8.80. The average molecular weight is 424 g/mol. The van der Waals surface area contributed by atoms with Crippen LogP contribution < -0.4 is 15.5 Å². The van der Waals surface area contributed by atoms with Gasteiger partial charge in [0, 0.05) is 36.9 Å². The van der Waals surface area contributed by atoms with Crippen LogP contribution in [0.15, 0.2) is 24.3 Å². The van der Waals surface area contributed by atoms with Gasteiger partial charge in [-0.15, -0.1) is 24.8 Å². The molecule has 0 aromatic heterocycles. The second kappa shape index (κ2) is 10.8. The highest BCUT2D eigenvalue weighted by atomic mass is 35.5. The summed E-state index contributed by atoms with van der Waals surface area (Å²) in [4.78, 5) is 28.2. The molecule has 1 aromatic rings. The van der Waals surface area contributed by atoms with E-state index in [0.717, 1.165) is 43.2 Å². The first kappa shape index (κ1) is 22.8. The summed E-state index contributed by atoms with van der Waals surface area (Å²) in [5.41, 5.74) is 1.12. The van der Waals surface area contributed by atoms with Gasteiger partial charge in [-0.2, -0.15) is 0 Å². The van der Waals surface area contributed by atoms with Crippen LogP contribution in [-0.4, -0.2) is 62.0 Å². The molecule has 0 saturated carbocycles. The molecule has 146 valence electrons. The fraction of sp³-hybridized carbons (Fsp3) is 0.529. The number of halogens is 3. The smallest absolute Gasteiger partial charge is 0.242 e. The Balaban J connectivity index is 0.00000169. The molecule has 2 fully saturated rings. The van der Waals surface area contributed by atoms with Crippen molar-refractivity contribution in [3.8, 4) is 0 Å². The number of nitrogens with zero attached hydrogens (tertiary/aromatic N) is 2. The molecule has 0 radical (unpaired) electrons. The van der Waals surface area contributed by atoms with E-state index in [0.29, 0.717) is 13.1 Å². The Kier molecular flexibility index (Phi) is 9.50. The van der Waals surface area contributed by atoms with Gasteiger partial charge in [-0.3, -0.25) is 9.59 Å². The van der Waals surface area contributed by atoms with Gasteiger partial charge in [0.2, 0.25) is 11.8 Å². The molecular weight excluding hydrogens is 399 g/mol. The van der Waals surface area contributed by atoms with Crippen molar-refractivity contribution in [1.82, 2.24) is 15.5 Å². The second-order valence-electron chi connectivity index (χ2n) is 6.21. The Morgan fingerprint density at radius 3 is 2.35 bits per heavy atom. The van der Waals surface area contributed by atoms with E-state index in [9.17, 15) is 9.59 Å². The number of hydrogen-bond donors (Lipinski definition) is 2. The zero-order valence-corrected chi connectivity index (χ0v) is 16.8. The zero-order valence-electron chi connectivity index (χ0n) is 14.4. The number of carbonyl (C=O) groups is 2. The number of benzene rings is 1. The number of hydrogen-bond acceptors (Lipinski definition) is 4. The predicted octanol–water partition coefficient (Wildman–Crippen LogP) is 1.70. The lowest BCUT2D eigenvalue weighted by Gasteiger charge is -2.36. The summed E-state index contributed by atoms with van der Waals surface area (Å²) < 4.78 is 0. The van der Waals surface area contributed by atoms with Crippen LogP contribution in [-0.2, 0) is 9.59 Å². The fourth-order valence-corrected chi connectivity index (χ4v) is 3.30. The van der Waals surface area contributed by atoms with Gasteiger partial charge in [-0.05, 0) is 43.7 Å². The van der Waals surface area contributed by atoms with Gasteiger partial charge in [0.1, 0.15) is 0 Å². The molecule has 2 N–H and O–H groups in total. The number of carbonyl (C=O) groups excluding carboxylic acids is 2. The van der Waals surface area contributed by atoms with Crippen molar-refractivity contribution in [1.29, 1.82) is 0 Å². The number of anilines is 1. The van der Waals surface area contributed by atoms with Crippen molar-refractivity contribution >= 4 is 53.9 Å². The molecule has 2 amide bonds. The molecule has 0 spiro atoms. The minimum absolute atomic E-state index is 0. The molecule has 3 rings (SSSR count). The maximum atomic E-state index is 12.3. The van der Waals surface area contributed by atoms with E-state index < -0.39 is 0 Å². The van der Waals surface area contributed by atoms with Crippen LogP contribution in [0.25, 0.3) is 0 Å². The first-order chi connectivity index (χ1) is 11.6. The van der Waals surface area contributed by atoms with Crippen molar-refractivity contribution < 1.29 is 9.59 Å². The molecule has 2 saturated heterocycles. The summed E-state index contributed by atoms with van der Waals surface area (Å²) >= 11 is 5.91. The quantitative estimate of drug-likeness (QED) is 0.774. The van der Waals surface area contributed by atoms with Gasteiger partial charge >= 0.3 is 0 Å². The van der Waals surface area contributed by atoms with Gasteiger partial charge < -0.3 is 20.4 Å². The van der Waals surface area contributed by atoms with Crippen molar-refractivity contribution in [3.05, 3.63) is 29.3 Å². The molecule has 26 heavy (non-hydrogen) atoms. The third-order valence-corrected chi connectivity index (χ3v) is 4.87. The van der Waals surface area contributed by atoms with Crippen LogP contribution in [0.3, 0.4) is 0 Å². The monoisotopic (exact) mass is 422 g/mol. The van der Waals surface area contributed by atoms with E-state index in [-0.39, 0.29) is 49.2 Å². The molecule has 0 aliphatic carbocycles. The van der Waals surface area contributed by atoms with E-state index in [2.05, 4.69) is 15.5 Å². The lowest BCUT2D eigenvalue weighted by atomic mass is 10.2. The van der Waals surface area contributed by atoms with E-state index in [1.54, 1.807) is 0 Å². The molecule has 0 bridgehead atoms. The molecule has 2 aliphatic rings. The van der Waals surface area contributed by atoms with Crippen molar-refractivity contribution in [2.45, 2.75) is 18.9 Å². The van der Waals surface area contributed by atoms with Gasteiger partial charge in [0.25, 0.3) is 0 Å². The Hall–Kier alpha value is -1.21. The zero-order chi connectivity index (χ0) is 16.9. The first-order valence-electron chi connectivity index (χ1n) is 8.43. The normalized spacial score (nSPS) is 19.3. The molecular formula is C17H25Cl3N4O2. The van der Waals surface area contributed by atoms with Crippen LogP contribution in [0.2, 0.25) is 5.02 Å². The topological polar surface area (TPSA) is 64.7 Å². The summed E-state index contributed by atoms with van der Waals surface area (Å²) in [6.07, 6.45) is 1.86. The summed E-state index contributed by atoms with van der Waals surface area (Å²) in [5, 5.41) is 6.61. The van der Waals surface area contributed by atoms with E-state index in [1.165, 1.54) is 0 Å². The third kappa shape index (κ3) is 5.91. The number of rotatable bonds is 4. The van der Waals surface area contributed by atoms with Crippen LogP contribution in [0.5, 0.6) is 0 Å². The van der Waals surface area contributed by atoms with E-state index in [1.807, 2.05) is 29.2 Å². The number of piperazine rings is 1. The SMILES string of the molecule is Cl.Cl.O=C(NCC(=O)N1CCN(c2ccc(Cl)cc2)CC1)C1CCCN1. The lowest BCUT2D eigenvalue weighted by Crippen LogP contribution is -2.52. The Labute approximate surface area is 171 Å². The number of nitrogens with one attached hydrogen (secondary N) is 2. The highest BCUT2D eigenvalue weighted by molar-refractivity contribution is 6.30. The highest BCUT2D eigenvalue weighted by Crippen LogP contribution is 2.19. The fourth-order valence-electron chi connectivity index (χ4n) is 3.17. The van der Waals surface area contributed by atoms with E-state index >= 15 is 0 Å². The molecule has 9 heteroatoms. The van der Waals surface area contributed by atoms with Crippen molar-refractivity contribution in [2.24, 2.45) is 0 Å². The van der Waals surface area contributed by atoms with Crippen LogP contribution in [0.1, 0.15) is 12.8 Å². The minimum atomic E-state index is -0.139. The van der Waals surface area contributed by atoms with Crippen LogP contribution in [0, 0.1) is 0 Å². The maximum absolute atomic E-state index is 12.3. The molecule has 6 nitrogen and oxygen atoms in total. The van der Waals surface area contributed by atoms with Gasteiger partial charge in [-0.25, -0.2) is 0 Å². The van der Waals surface area contributed by atoms with E-state index in [4.69, 9.17) is 11.6 Å². The van der Waals surface area contributed by atoms with Crippen molar-refractivity contribution in [2.75, 3.05) is 44.2 Å². The standard InChI is InChI=1S/C17H23ClN4O2.2ClH/c18-13-3-5-14(6-4-13)21-8-10-22(11-9-21)16(23)12-20-17(24)15-2-1-7-19-15;;/h3-6,15,19H,1-2,7-12H2,(H,20,24);2*1H. The van der Waals surface area contributed by atoms with Gasteiger partial charge in [0.05, 0.1) is 12.6 Å². The molecule has 2 aliphatic heterocycles. The Morgan fingerprint density at radius 1 is 1.12 bits per heavy atom. The Bertz CT molecular complexity index is 586. The second-order valence-corrected chi connectivity index (χ2v) is 6.65. The predicted molar refractivity (Wildman–Crippen MR) is 109 cm³/mol. The summed E-state index contributed by atoms with van der Waals surface area (Å²) in [6, 6.07) is 7.60. The highest BCUT2D eigenvalue weighted by Gasteiger charge is 2.24. The Morgan fingerprint density at radius 2 is 1.77 bits per heavy atom. The molecule has 1 atom stereocenters. The van der Waals surface area contributed by atoms with Gasteiger partial charge in [-0.1, -0.05) is 11.6 Å². The maximum Gasteiger partial charge on any atom is 0.242 e. The van der Waals surface area contributed by atoms with Gasteiger partial charge in [0.15, 0.2) is 0 Å². The lowest BCUT2D eigenvalue weighted by molar-refractivity contribution is -0.133. The summed E-state index contributed by atoms with van der Waals surface area (Å²) in [5.74, 6) is -0.0854. The molecule has 1 aromatic carbocycles. The summed E-state index contributed by atoms with van der Waals surface area (Å²) in [7, 11) is 0.